The van der Waals surface area contributed by atoms with Gasteiger partial charge in [0.2, 0.25) is 15.7 Å². The van der Waals surface area contributed by atoms with Crippen LogP contribution in [0.2, 0.25) is 0 Å². The molecule has 13 heteroatoms. The molecule has 32 heavy (non-hydrogen) atoms. The fraction of sp³-hybridized carbons (Fsp3) is 0.316. The highest BCUT2D eigenvalue weighted by Gasteiger charge is 2.33. The van der Waals surface area contributed by atoms with Crippen LogP contribution in [0.25, 0.3) is 5.65 Å². The van der Waals surface area contributed by atoms with Crippen LogP contribution in [0.4, 0.5) is 13.2 Å². The Balaban J connectivity index is 1.51. The predicted octanol–water partition coefficient (Wildman–Crippen LogP) is 2.17. The Morgan fingerprint density at radius 3 is 2.59 bits per heavy atom. The van der Waals surface area contributed by atoms with Crippen molar-refractivity contribution >= 4 is 21.4 Å². The van der Waals surface area contributed by atoms with Crippen LogP contribution < -0.4 is 14.8 Å². The SMILES string of the molecule is C[C@H](NC(=O)CS(=O)(=O)c1nnc2ccc(C(F)(F)F)cn12)c1ccc2c(c1)OCCO2. The number of alkyl halides is 3. The van der Waals surface area contributed by atoms with Crippen molar-refractivity contribution in [1.82, 2.24) is 19.9 Å². The second-order valence-electron chi connectivity index (χ2n) is 7.08. The van der Waals surface area contributed by atoms with Gasteiger partial charge >= 0.3 is 6.18 Å². The third-order valence-electron chi connectivity index (χ3n) is 4.74. The summed E-state index contributed by atoms with van der Waals surface area (Å²) >= 11 is 0. The van der Waals surface area contributed by atoms with Crippen LogP contribution in [0.3, 0.4) is 0 Å². The van der Waals surface area contributed by atoms with E-state index in [0.717, 1.165) is 12.1 Å². The summed E-state index contributed by atoms with van der Waals surface area (Å²) in [6, 6.07) is 6.27. The molecular formula is C19H17F3N4O5S. The van der Waals surface area contributed by atoms with Gasteiger partial charge < -0.3 is 14.8 Å². The van der Waals surface area contributed by atoms with E-state index in [9.17, 15) is 26.4 Å². The summed E-state index contributed by atoms with van der Waals surface area (Å²) in [4.78, 5) is 12.4. The fourth-order valence-corrected chi connectivity index (χ4v) is 4.35. The molecule has 0 unspecified atom stereocenters. The van der Waals surface area contributed by atoms with Crippen molar-refractivity contribution in [3.63, 3.8) is 0 Å². The summed E-state index contributed by atoms with van der Waals surface area (Å²) < 4.78 is 76.0. The number of carbonyl (C=O) groups excluding carboxylic acids is 1. The van der Waals surface area contributed by atoms with Crippen molar-refractivity contribution < 1.29 is 35.9 Å². The van der Waals surface area contributed by atoms with Gasteiger partial charge in [-0.1, -0.05) is 6.07 Å². The molecule has 1 aliphatic rings. The number of pyridine rings is 1. The molecule has 1 amide bonds. The first-order valence-electron chi connectivity index (χ1n) is 9.38. The molecule has 0 aliphatic carbocycles. The highest BCUT2D eigenvalue weighted by atomic mass is 32.2. The van der Waals surface area contributed by atoms with Crippen molar-refractivity contribution in [3.05, 3.63) is 47.7 Å². The largest absolute Gasteiger partial charge is 0.486 e. The Labute approximate surface area is 180 Å². The summed E-state index contributed by atoms with van der Waals surface area (Å²) in [5.41, 5.74) is -0.512. The molecule has 0 bridgehead atoms. The van der Waals surface area contributed by atoms with E-state index in [-0.39, 0.29) is 5.65 Å². The zero-order valence-electron chi connectivity index (χ0n) is 16.6. The van der Waals surface area contributed by atoms with Crippen molar-refractivity contribution in [2.45, 2.75) is 24.3 Å². The van der Waals surface area contributed by atoms with Crippen LogP contribution in [0, 0.1) is 0 Å². The number of fused-ring (bicyclic) bond motifs is 2. The Kier molecular flexibility index (Phi) is 5.44. The quantitative estimate of drug-likeness (QED) is 0.608. The van der Waals surface area contributed by atoms with Gasteiger partial charge in [-0.2, -0.15) is 13.2 Å². The molecule has 1 atom stereocenters. The molecule has 0 radical (unpaired) electrons. The van der Waals surface area contributed by atoms with Crippen molar-refractivity contribution in [1.29, 1.82) is 0 Å². The molecule has 1 N–H and O–H groups in total. The zero-order chi connectivity index (χ0) is 23.1. The lowest BCUT2D eigenvalue weighted by molar-refractivity contribution is -0.137. The maximum atomic E-state index is 13.0. The second-order valence-corrected chi connectivity index (χ2v) is 8.96. The second kappa shape index (κ2) is 7.97. The van der Waals surface area contributed by atoms with Crippen LogP contribution >= 0.6 is 0 Å². The van der Waals surface area contributed by atoms with E-state index in [4.69, 9.17) is 9.47 Å². The monoisotopic (exact) mass is 470 g/mol. The molecule has 0 saturated heterocycles. The fourth-order valence-electron chi connectivity index (χ4n) is 3.18. The molecule has 3 aromatic rings. The van der Waals surface area contributed by atoms with Crippen molar-refractivity contribution in [2.24, 2.45) is 0 Å². The van der Waals surface area contributed by atoms with Gasteiger partial charge in [0, 0.05) is 6.20 Å². The Morgan fingerprint density at radius 1 is 1.16 bits per heavy atom. The number of aromatic nitrogens is 3. The smallest absolute Gasteiger partial charge is 0.417 e. The van der Waals surface area contributed by atoms with E-state index < -0.39 is 44.4 Å². The van der Waals surface area contributed by atoms with E-state index in [1.807, 2.05) is 0 Å². The lowest BCUT2D eigenvalue weighted by Gasteiger charge is -2.21. The molecule has 0 fully saturated rings. The minimum absolute atomic E-state index is 0.0957. The van der Waals surface area contributed by atoms with Gasteiger partial charge in [-0.15, -0.1) is 10.2 Å². The number of benzene rings is 1. The maximum Gasteiger partial charge on any atom is 0.417 e. The van der Waals surface area contributed by atoms with Crippen LogP contribution in [-0.2, 0) is 20.8 Å². The van der Waals surface area contributed by atoms with Gasteiger partial charge in [0.25, 0.3) is 5.16 Å². The number of nitrogens with zero attached hydrogens (tertiary/aromatic N) is 3. The van der Waals surface area contributed by atoms with E-state index in [0.29, 0.717) is 40.9 Å². The summed E-state index contributed by atoms with van der Waals surface area (Å²) in [6.45, 7) is 2.47. The highest BCUT2D eigenvalue weighted by molar-refractivity contribution is 7.91. The maximum absolute atomic E-state index is 13.0. The zero-order valence-corrected chi connectivity index (χ0v) is 17.4. The van der Waals surface area contributed by atoms with Crippen LogP contribution in [0.5, 0.6) is 11.5 Å². The van der Waals surface area contributed by atoms with Crippen molar-refractivity contribution in [3.8, 4) is 11.5 Å². The number of amides is 1. The number of ether oxygens (including phenoxy) is 2. The van der Waals surface area contributed by atoms with E-state index in [1.54, 1.807) is 25.1 Å². The summed E-state index contributed by atoms with van der Waals surface area (Å²) in [6.07, 6.45) is -4.10. The first kappa shape index (κ1) is 21.9. The normalized spacial score (nSPS) is 14.9. The topological polar surface area (TPSA) is 112 Å². The number of hydrogen-bond acceptors (Lipinski definition) is 7. The Morgan fingerprint density at radius 2 is 1.88 bits per heavy atom. The number of carbonyl (C=O) groups is 1. The average Bonchev–Trinajstić information content (AvgIpc) is 3.16. The molecule has 0 spiro atoms. The van der Waals surface area contributed by atoms with Crippen LogP contribution in [0.1, 0.15) is 24.1 Å². The molecular weight excluding hydrogens is 453 g/mol. The highest BCUT2D eigenvalue weighted by Crippen LogP contribution is 2.33. The number of hydrogen-bond donors (Lipinski definition) is 1. The Hall–Kier alpha value is -3.35. The molecule has 0 saturated carbocycles. The van der Waals surface area contributed by atoms with E-state index in [1.165, 1.54) is 0 Å². The predicted molar refractivity (Wildman–Crippen MR) is 104 cm³/mol. The lowest BCUT2D eigenvalue weighted by Crippen LogP contribution is -2.33. The summed E-state index contributed by atoms with van der Waals surface area (Å²) in [5, 5.41) is 8.85. The average molecular weight is 470 g/mol. The number of sulfone groups is 1. The van der Waals surface area contributed by atoms with Gasteiger partial charge in [0.1, 0.15) is 19.0 Å². The van der Waals surface area contributed by atoms with E-state index >= 15 is 0 Å². The molecule has 2 aromatic heterocycles. The molecule has 1 aromatic carbocycles. The number of rotatable bonds is 5. The van der Waals surface area contributed by atoms with Gasteiger partial charge in [0.05, 0.1) is 11.6 Å². The molecule has 4 rings (SSSR count). The van der Waals surface area contributed by atoms with Crippen LogP contribution in [0.15, 0.2) is 41.7 Å². The summed E-state index contributed by atoms with van der Waals surface area (Å²) in [7, 11) is -4.38. The third kappa shape index (κ3) is 4.33. The lowest BCUT2D eigenvalue weighted by atomic mass is 10.1. The molecule has 9 nitrogen and oxygen atoms in total. The first-order valence-corrected chi connectivity index (χ1v) is 11.0. The minimum Gasteiger partial charge on any atom is -0.486 e. The minimum atomic E-state index is -4.68. The molecule has 3 heterocycles. The Bertz CT molecular complexity index is 1290. The summed E-state index contributed by atoms with van der Waals surface area (Å²) in [5.74, 6) is -0.786. The van der Waals surface area contributed by atoms with Crippen molar-refractivity contribution in [2.75, 3.05) is 19.0 Å². The third-order valence-corrected chi connectivity index (χ3v) is 6.22. The standard InChI is InChI=1S/C19H17F3N4O5S/c1-11(12-2-4-14-15(8-12)31-7-6-30-14)23-17(27)10-32(28,29)18-25-24-16-5-3-13(9-26(16)18)19(20,21)22/h2-5,8-9,11H,6-7,10H2,1H3,(H,23,27)/t11-/m0/s1. The van der Waals surface area contributed by atoms with Gasteiger partial charge in [-0.25, -0.2) is 8.42 Å². The van der Waals surface area contributed by atoms with Gasteiger partial charge in [0.15, 0.2) is 17.1 Å². The van der Waals surface area contributed by atoms with Gasteiger partial charge in [-0.05, 0) is 36.8 Å². The first-order chi connectivity index (χ1) is 15.0. The molecule has 170 valence electrons. The number of nitrogens with one attached hydrogen (secondary N) is 1. The van der Waals surface area contributed by atoms with E-state index in [2.05, 4.69) is 15.5 Å². The molecule has 1 aliphatic heterocycles. The van der Waals surface area contributed by atoms with Crippen LogP contribution in [-0.4, -0.2) is 47.9 Å². The number of halogens is 3. The van der Waals surface area contributed by atoms with Gasteiger partial charge in [-0.3, -0.25) is 9.20 Å².